The average Bonchev–Trinajstić information content (AvgIpc) is 3.01. The van der Waals surface area contributed by atoms with E-state index < -0.39 is 0 Å². The SMILES string of the molecule is O=C1N=C(c2ccccc2)C(c2ccccc2)=C1c1ccccc1. The average molecular weight is 309 g/mol. The first-order valence-electron chi connectivity index (χ1n) is 7.88. The van der Waals surface area contributed by atoms with Crippen LogP contribution in [-0.2, 0) is 4.79 Å². The fourth-order valence-corrected chi connectivity index (χ4v) is 3.00. The van der Waals surface area contributed by atoms with Crippen LogP contribution in [0.15, 0.2) is 96.0 Å². The van der Waals surface area contributed by atoms with Crippen molar-refractivity contribution in [1.82, 2.24) is 0 Å². The van der Waals surface area contributed by atoms with Gasteiger partial charge in [-0.15, -0.1) is 0 Å². The van der Waals surface area contributed by atoms with Crippen molar-refractivity contribution in [1.29, 1.82) is 0 Å². The Morgan fingerprint density at radius 2 is 0.917 bits per heavy atom. The van der Waals surface area contributed by atoms with Crippen LogP contribution in [-0.4, -0.2) is 11.6 Å². The molecule has 0 N–H and O–H groups in total. The maximum Gasteiger partial charge on any atom is 0.278 e. The summed E-state index contributed by atoms with van der Waals surface area (Å²) in [5.41, 5.74) is 5.17. The molecule has 0 atom stereocenters. The topological polar surface area (TPSA) is 29.4 Å². The van der Waals surface area contributed by atoms with Gasteiger partial charge >= 0.3 is 0 Å². The molecule has 3 aromatic rings. The number of rotatable bonds is 3. The van der Waals surface area contributed by atoms with Crippen LogP contribution in [0.5, 0.6) is 0 Å². The lowest BCUT2D eigenvalue weighted by Gasteiger charge is -2.10. The van der Waals surface area contributed by atoms with Gasteiger partial charge in [-0.3, -0.25) is 4.79 Å². The van der Waals surface area contributed by atoms with Gasteiger partial charge in [0.15, 0.2) is 0 Å². The first-order valence-corrected chi connectivity index (χ1v) is 7.88. The molecule has 0 spiro atoms. The van der Waals surface area contributed by atoms with Crippen LogP contribution in [0.25, 0.3) is 11.1 Å². The minimum Gasteiger partial charge on any atom is -0.267 e. The monoisotopic (exact) mass is 309 g/mol. The molecule has 2 heteroatoms. The van der Waals surface area contributed by atoms with Crippen LogP contribution < -0.4 is 0 Å². The molecule has 1 aliphatic heterocycles. The van der Waals surface area contributed by atoms with E-state index in [0.29, 0.717) is 5.57 Å². The largest absolute Gasteiger partial charge is 0.278 e. The molecule has 0 saturated carbocycles. The number of carbonyl (C=O) groups excluding carboxylic acids is 1. The van der Waals surface area contributed by atoms with Crippen molar-refractivity contribution in [3.05, 3.63) is 108 Å². The highest BCUT2D eigenvalue weighted by atomic mass is 16.1. The summed E-state index contributed by atoms with van der Waals surface area (Å²) in [4.78, 5) is 17.1. The predicted molar refractivity (Wildman–Crippen MR) is 97.7 cm³/mol. The van der Waals surface area contributed by atoms with E-state index in [-0.39, 0.29) is 5.91 Å². The lowest BCUT2D eigenvalue weighted by Crippen LogP contribution is -2.02. The van der Waals surface area contributed by atoms with Gasteiger partial charge in [0.2, 0.25) is 0 Å². The lowest BCUT2D eigenvalue weighted by atomic mass is 9.90. The van der Waals surface area contributed by atoms with E-state index in [0.717, 1.165) is 28.0 Å². The van der Waals surface area contributed by atoms with E-state index in [9.17, 15) is 4.79 Å². The predicted octanol–water partition coefficient (Wildman–Crippen LogP) is 4.63. The fourth-order valence-electron chi connectivity index (χ4n) is 3.00. The maximum atomic E-state index is 12.7. The van der Waals surface area contributed by atoms with Gasteiger partial charge in [0.1, 0.15) is 0 Å². The van der Waals surface area contributed by atoms with Gasteiger partial charge in [0, 0.05) is 11.1 Å². The molecular formula is C22H15NO. The Labute approximate surface area is 140 Å². The second-order valence-corrected chi connectivity index (χ2v) is 5.61. The Morgan fingerprint density at radius 1 is 0.500 bits per heavy atom. The molecule has 0 aliphatic carbocycles. The second kappa shape index (κ2) is 6.09. The first kappa shape index (κ1) is 14.3. The summed E-state index contributed by atoms with van der Waals surface area (Å²) in [5.74, 6) is -0.182. The molecule has 114 valence electrons. The van der Waals surface area contributed by atoms with Gasteiger partial charge in [-0.2, -0.15) is 0 Å². The Balaban J connectivity index is 1.98. The van der Waals surface area contributed by atoms with Gasteiger partial charge in [-0.05, 0) is 11.1 Å². The van der Waals surface area contributed by atoms with Gasteiger partial charge in [-0.1, -0.05) is 91.0 Å². The maximum absolute atomic E-state index is 12.7. The normalized spacial score (nSPS) is 14.0. The first-order chi connectivity index (χ1) is 11.8. The van der Waals surface area contributed by atoms with E-state index in [1.54, 1.807) is 0 Å². The van der Waals surface area contributed by atoms with Crippen LogP contribution in [0, 0.1) is 0 Å². The van der Waals surface area contributed by atoms with Gasteiger partial charge < -0.3 is 0 Å². The summed E-state index contributed by atoms with van der Waals surface area (Å²) in [6.45, 7) is 0. The number of amides is 1. The molecule has 24 heavy (non-hydrogen) atoms. The molecule has 0 saturated heterocycles. The second-order valence-electron chi connectivity index (χ2n) is 5.61. The number of hydrogen-bond donors (Lipinski definition) is 0. The van der Waals surface area contributed by atoms with E-state index in [4.69, 9.17) is 0 Å². The number of benzene rings is 3. The number of nitrogens with zero attached hydrogens (tertiary/aromatic N) is 1. The number of allylic oxidation sites excluding steroid dienone is 1. The van der Waals surface area contributed by atoms with Crippen LogP contribution in [0.3, 0.4) is 0 Å². The zero-order valence-corrected chi connectivity index (χ0v) is 13.0. The molecule has 0 radical (unpaired) electrons. The number of hydrogen-bond acceptors (Lipinski definition) is 1. The minimum atomic E-state index is -0.182. The molecule has 0 bridgehead atoms. The molecule has 4 rings (SSSR count). The summed E-state index contributed by atoms with van der Waals surface area (Å²) < 4.78 is 0. The third-order valence-corrected chi connectivity index (χ3v) is 4.09. The summed E-state index contributed by atoms with van der Waals surface area (Å²) in [6, 6.07) is 29.6. The molecule has 1 amide bonds. The zero-order valence-electron chi connectivity index (χ0n) is 13.0. The molecule has 0 fully saturated rings. The molecule has 3 aromatic carbocycles. The van der Waals surface area contributed by atoms with Crippen LogP contribution in [0.4, 0.5) is 0 Å². The summed E-state index contributed by atoms with van der Waals surface area (Å²) in [6.07, 6.45) is 0. The lowest BCUT2D eigenvalue weighted by molar-refractivity contribution is -0.112. The fraction of sp³-hybridized carbons (Fsp3) is 0. The molecule has 0 unspecified atom stereocenters. The molecule has 0 aromatic heterocycles. The Kier molecular flexibility index (Phi) is 3.64. The highest BCUT2D eigenvalue weighted by Crippen LogP contribution is 2.35. The summed E-state index contributed by atoms with van der Waals surface area (Å²) in [5, 5.41) is 0. The van der Waals surface area contributed by atoms with Gasteiger partial charge in [0.25, 0.3) is 5.91 Å². The molecule has 1 aliphatic rings. The Bertz CT molecular complexity index is 939. The Morgan fingerprint density at radius 3 is 1.42 bits per heavy atom. The smallest absolute Gasteiger partial charge is 0.267 e. The zero-order chi connectivity index (χ0) is 16.4. The van der Waals surface area contributed by atoms with Crippen molar-refractivity contribution < 1.29 is 4.79 Å². The van der Waals surface area contributed by atoms with Crippen molar-refractivity contribution >= 4 is 22.8 Å². The minimum absolute atomic E-state index is 0.182. The van der Waals surface area contributed by atoms with E-state index in [1.807, 2.05) is 91.0 Å². The molecule has 1 heterocycles. The highest BCUT2D eigenvalue weighted by Gasteiger charge is 2.29. The molecular weight excluding hydrogens is 294 g/mol. The third-order valence-electron chi connectivity index (χ3n) is 4.09. The van der Waals surface area contributed by atoms with Gasteiger partial charge in [0.05, 0.1) is 11.3 Å². The Hall–Kier alpha value is -3.26. The van der Waals surface area contributed by atoms with Gasteiger partial charge in [-0.25, -0.2) is 4.99 Å². The molecule has 2 nitrogen and oxygen atoms in total. The van der Waals surface area contributed by atoms with Crippen molar-refractivity contribution in [3.8, 4) is 0 Å². The van der Waals surface area contributed by atoms with Crippen LogP contribution in [0.1, 0.15) is 16.7 Å². The van der Waals surface area contributed by atoms with E-state index >= 15 is 0 Å². The number of aliphatic imine (C=N–C) groups is 1. The van der Waals surface area contributed by atoms with Crippen molar-refractivity contribution in [2.45, 2.75) is 0 Å². The van der Waals surface area contributed by atoms with E-state index in [2.05, 4.69) is 4.99 Å². The van der Waals surface area contributed by atoms with Crippen LogP contribution >= 0.6 is 0 Å². The number of carbonyl (C=O) groups is 1. The summed E-state index contributed by atoms with van der Waals surface area (Å²) in [7, 11) is 0. The summed E-state index contributed by atoms with van der Waals surface area (Å²) >= 11 is 0. The van der Waals surface area contributed by atoms with E-state index in [1.165, 1.54) is 0 Å². The third kappa shape index (κ3) is 2.48. The van der Waals surface area contributed by atoms with Crippen molar-refractivity contribution in [3.63, 3.8) is 0 Å². The standard InChI is InChI=1S/C22H15NO/c24-22-20(17-12-6-2-7-13-17)19(16-10-4-1-5-11-16)21(23-22)18-14-8-3-9-15-18/h1-15H. The quantitative estimate of drug-likeness (QED) is 0.694. The van der Waals surface area contributed by atoms with Crippen LogP contribution in [0.2, 0.25) is 0 Å². The van der Waals surface area contributed by atoms with Crippen molar-refractivity contribution in [2.24, 2.45) is 4.99 Å². The highest BCUT2D eigenvalue weighted by molar-refractivity contribution is 6.52. The van der Waals surface area contributed by atoms with Crippen molar-refractivity contribution in [2.75, 3.05) is 0 Å².